The van der Waals surface area contributed by atoms with Crippen LogP contribution in [0.25, 0.3) is 11.3 Å². The second-order valence-electron chi connectivity index (χ2n) is 6.61. The van der Waals surface area contributed by atoms with Gasteiger partial charge in [0.05, 0.1) is 47.3 Å². The van der Waals surface area contributed by atoms with Gasteiger partial charge in [-0.1, -0.05) is 0 Å². The summed E-state index contributed by atoms with van der Waals surface area (Å²) in [6.07, 6.45) is 0. The molecule has 0 saturated heterocycles. The molecule has 0 bridgehead atoms. The maximum atomic E-state index is 13.5. The van der Waals surface area contributed by atoms with Gasteiger partial charge in [0, 0.05) is 23.6 Å². The zero-order valence-electron chi connectivity index (χ0n) is 18.7. The van der Waals surface area contributed by atoms with E-state index in [4.69, 9.17) is 28.7 Å². The molecule has 0 saturated carbocycles. The van der Waals surface area contributed by atoms with E-state index in [1.165, 1.54) is 32.7 Å². The van der Waals surface area contributed by atoms with Gasteiger partial charge in [-0.25, -0.2) is 4.98 Å². The van der Waals surface area contributed by atoms with Crippen LogP contribution in [0.1, 0.15) is 10.4 Å². The van der Waals surface area contributed by atoms with Gasteiger partial charge in [-0.3, -0.25) is 9.69 Å². The Hall–Kier alpha value is -3.30. The minimum Gasteiger partial charge on any atom is -0.497 e. The maximum Gasteiger partial charge on any atom is 0.260 e. The Morgan fingerprint density at radius 2 is 1.59 bits per heavy atom. The number of methoxy groups -OCH3 is 5. The molecule has 3 aromatic rings. The number of thiazole rings is 1. The summed E-state index contributed by atoms with van der Waals surface area (Å²) in [6.45, 7) is 0.690. The third kappa shape index (κ3) is 4.95. The van der Waals surface area contributed by atoms with Crippen LogP contribution in [0.4, 0.5) is 5.13 Å². The van der Waals surface area contributed by atoms with Crippen molar-refractivity contribution in [2.75, 3.05) is 53.6 Å². The number of rotatable bonds is 10. The number of hydrogen-bond acceptors (Lipinski definition) is 8. The number of nitrogens with zero attached hydrogens (tertiary/aromatic N) is 2. The van der Waals surface area contributed by atoms with Crippen molar-refractivity contribution >= 4 is 22.4 Å². The summed E-state index contributed by atoms with van der Waals surface area (Å²) < 4.78 is 26.6. The number of amides is 1. The van der Waals surface area contributed by atoms with Crippen LogP contribution in [0.2, 0.25) is 0 Å². The topological polar surface area (TPSA) is 79.4 Å². The molecule has 0 aliphatic rings. The fraction of sp³-hybridized carbons (Fsp3) is 0.304. The SMILES string of the molecule is COCCN(C(=O)c1cc(OC)c(OC)c(OC)c1)c1nc(-c2ccc(OC)cc2)cs1. The van der Waals surface area contributed by atoms with Gasteiger partial charge in [0.25, 0.3) is 5.91 Å². The minimum absolute atomic E-state index is 0.253. The molecule has 0 aliphatic heterocycles. The molecule has 2 aromatic carbocycles. The summed E-state index contributed by atoms with van der Waals surface area (Å²) in [5.74, 6) is 1.74. The van der Waals surface area contributed by atoms with E-state index in [1.807, 2.05) is 29.6 Å². The van der Waals surface area contributed by atoms with Crippen molar-refractivity contribution in [3.63, 3.8) is 0 Å². The lowest BCUT2D eigenvalue weighted by molar-refractivity contribution is 0.0975. The number of carbonyl (C=O) groups excluding carboxylic acids is 1. The Morgan fingerprint density at radius 1 is 0.938 bits per heavy atom. The van der Waals surface area contributed by atoms with Gasteiger partial charge in [-0.15, -0.1) is 11.3 Å². The van der Waals surface area contributed by atoms with E-state index in [2.05, 4.69) is 0 Å². The van der Waals surface area contributed by atoms with Crippen LogP contribution in [0.5, 0.6) is 23.0 Å². The molecule has 8 nitrogen and oxygen atoms in total. The molecule has 3 rings (SSSR count). The molecular weight excluding hydrogens is 432 g/mol. The smallest absolute Gasteiger partial charge is 0.260 e. The highest BCUT2D eigenvalue weighted by Crippen LogP contribution is 2.39. The zero-order chi connectivity index (χ0) is 23.1. The molecule has 32 heavy (non-hydrogen) atoms. The van der Waals surface area contributed by atoms with Gasteiger partial charge >= 0.3 is 0 Å². The lowest BCUT2D eigenvalue weighted by Gasteiger charge is -2.21. The van der Waals surface area contributed by atoms with E-state index in [1.54, 1.807) is 31.3 Å². The van der Waals surface area contributed by atoms with Crippen LogP contribution in [0.3, 0.4) is 0 Å². The first-order valence-corrected chi connectivity index (χ1v) is 10.6. The fourth-order valence-electron chi connectivity index (χ4n) is 3.11. The second kappa shape index (κ2) is 10.8. The minimum atomic E-state index is -0.253. The molecule has 0 aliphatic carbocycles. The number of anilines is 1. The van der Waals surface area contributed by atoms with Crippen molar-refractivity contribution < 1.29 is 28.5 Å². The van der Waals surface area contributed by atoms with Crippen molar-refractivity contribution in [2.24, 2.45) is 0 Å². The lowest BCUT2D eigenvalue weighted by atomic mass is 10.1. The average molecular weight is 459 g/mol. The number of benzene rings is 2. The molecule has 0 unspecified atom stereocenters. The average Bonchev–Trinajstić information content (AvgIpc) is 3.33. The van der Waals surface area contributed by atoms with Gasteiger partial charge in [0.2, 0.25) is 5.75 Å². The highest BCUT2D eigenvalue weighted by atomic mass is 32.1. The summed E-state index contributed by atoms with van der Waals surface area (Å²) in [6, 6.07) is 10.9. The van der Waals surface area contributed by atoms with Gasteiger partial charge in [-0.05, 0) is 36.4 Å². The van der Waals surface area contributed by atoms with Crippen LogP contribution >= 0.6 is 11.3 Å². The van der Waals surface area contributed by atoms with Crippen molar-refractivity contribution in [1.82, 2.24) is 4.98 Å². The first-order chi connectivity index (χ1) is 15.6. The highest BCUT2D eigenvalue weighted by molar-refractivity contribution is 7.14. The molecule has 0 spiro atoms. The summed E-state index contributed by atoms with van der Waals surface area (Å²) >= 11 is 1.38. The van der Waals surface area contributed by atoms with Gasteiger partial charge in [0.1, 0.15) is 5.75 Å². The lowest BCUT2D eigenvalue weighted by Crippen LogP contribution is -2.34. The predicted molar refractivity (Wildman–Crippen MR) is 124 cm³/mol. The van der Waals surface area contributed by atoms with E-state index in [9.17, 15) is 4.79 Å². The van der Waals surface area contributed by atoms with Gasteiger partial charge < -0.3 is 23.7 Å². The van der Waals surface area contributed by atoms with E-state index in [0.717, 1.165) is 17.0 Å². The van der Waals surface area contributed by atoms with Crippen LogP contribution in [0.15, 0.2) is 41.8 Å². The Morgan fingerprint density at radius 3 is 2.12 bits per heavy atom. The molecule has 1 heterocycles. The molecular formula is C23H26N2O6S. The fourth-order valence-corrected chi connectivity index (χ4v) is 3.97. The molecule has 0 fully saturated rings. The molecule has 0 atom stereocenters. The standard InChI is InChI=1S/C23H26N2O6S/c1-27-11-10-25(22(26)16-12-19(29-3)21(31-5)20(13-16)30-4)23-24-18(14-32-23)15-6-8-17(28-2)9-7-15/h6-9,12-14H,10-11H2,1-5H3. The molecule has 0 radical (unpaired) electrons. The molecule has 9 heteroatoms. The van der Waals surface area contributed by atoms with Crippen LogP contribution in [-0.2, 0) is 4.74 Å². The number of aromatic nitrogens is 1. The van der Waals surface area contributed by atoms with Gasteiger partial charge in [-0.2, -0.15) is 0 Å². The van der Waals surface area contributed by atoms with E-state index >= 15 is 0 Å². The Balaban J connectivity index is 1.96. The molecule has 170 valence electrons. The third-order valence-electron chi connectivity index (χ3n) is 4.78. The van der Waals surface area contributed by atoms with Gasteiger partial charge in [0.15, 0.2) is 16.6 Å². The molecule has 1 aromatic heterocycles. The molecule has 1 amide bonds. The Kier molecular flexibility index (Phi) is 7.91. The number of hydrogen-bond donors (Lipinski definition) is 0. The normalized spacial score (nSPS) is 10.5. The predicted octanol–water partition coefficient (Wildman–Crippen LogP) is 4.14. The van der Waals surface area contributed by atoms with E-state index < -0.39 is 0 Å². The summed E-state index contributed by atoms with van der Waals surface area (Å²) in [5.41, 5.74) is 2.09. The first kappa shape index (κ1) is 23.4. The first-order valence-electron chi connectivity index (χ1n) is 9.77. The van der Waals surface area contributed by atoms with Crippen molar-refractivity contribution in [3.05, 3.63) is 47.3 Å². The van der Waals surface area contributed by atoms with Crippen molar-refractivity contribution in [2.45, 2.75) is 0 Å². The van der Waals surface area contributed by atoms with Crippen molar-refractivity contribution in [1.29, 1.82) is 0 Å². The summed E-state index contributed by atoms with van der Waals surface area (Å²) in [4.78, 5) is 19.8. The second-order valence-corrected chi connectivity index (χ2v) is 7.44. The Labute approximate surface area is 191 Å². The Bertz CT molecular complexity index is 1030. The van der Waals surface area contributed by atoms with Crippen LogP contribution in [0, 0.1) is 0 Å². The van der Waals surface area contributed by atoms with E-state index in [0.29, 0.717) is 41.1 Å². The monoisotopic (exact) mass is 458 g/mol. The van der Waals surface area contributed by atoms with Crippen LogP contribution < -0.4 is 23.8 Å². The number of carbonyl (C=O) groups is 1. The highest BCUT2D eigenvalue weighted by Gasteiger charge is 2.24. The third-order valence-corrected chi connectivity index (χ3v) is 5.65. The summed E-state index contributed by atoms with van der Waals surface area (Å²) in [5, 5.41) is 2.48. The number of ether oxygens (including phenoxy) is 5. The van der Waals surface area contributed by atoms with Crippen molar-refractivity contribution in [3.8, 4) is 34.3 Å². The zero-order valence-corrected chi connectivity index (χ0v) is 19.5. The van der Waals surface area contributed by atoms with Crippen LogP contribution in [-0.4, -0.2) is 59.6 Å². The quantitative estimate of drug-likeness (QED) is 0.452. The largest absolute Gasteiger partial charge is 0.497 e. The summed E-state index contributed by atoms with van der Waals surface area (Å²) in [7, 11) is 7.75. The molecule has 0 N–H and O–H groups in total. The maximum absolute atomic E-state index is 13.5. The van der Waals surface area contributed by atoms with E-state index in [-0.39, 0.29) is 5.91 Å².